The lowest BCUT2D eigenvalue weighted by Crippen LogP contribution is -2.39. The van der Waals surface area contributed by atoms with Gasteiger partial charge in [-0.05, 0) is 32.6 Å². The highest BCUT2D eigenvalue weighted by Gasteiger charge is 2.24. The molecule has 1 atom stereocenters. The molecule has 0 aliphatic heterocycles. The maximum Gasteiger partial charge on any atom is 0.271 e. The molecule has 19 heavy (non-hydrogen) atoms. The first-order chi connectivity index (χ1) is 9.00. The van der Waals surface area contributed by atoms with E-state index in [1.807, 2.05) is 6.92 Å². The summed E-state index contributed by atoms with van der Waals surface area (Å²) >= 11 is 0. The van der Waals surface area contributed by atoms with E-state index in [0.717, 1.165) is 0 Å². The monoisotopic (exact) mass is 264 g/mol. The summed E-state index contributed by atoms with van der Waals surface area (Å²) in [5.74, 6) is 0.479. The maximum atomic E-state index is 12.3. The Labute approximate surface area is 114 Å². The standard InChI is InChI=1S/C14H24N4O/c1-9(11-7-5-4-6-8-11)16-14(19)13-12(15)10(2)17-18(13)3/h9,11H,4-8,15H2,1-3H3,(H,16,19). The Kier molecular flexibility index (Phi) is 4.12. The van der Waals surface area contributed by atoms with Crippen molar-refractivity contribution in [1.82, 2.24) is 15.1 Å². The van der Waals surface area contributed by atoms with E-state index in [0.29, 0.717) is 23.0 Å². The van der Waals surface area contributed by atoms with Gasteiger partial charge in [-0.2, -0.15) is 5.10 Å². The Balaban J connectivity index is 2.04. The molecule has 1 saturated carbocycles. The Morgan fingerprint density at radius 2 is 2.05 bits per heavy atom. The second-order valence-electron chi connectivity index (χ2n) is 5.63. The minimum absolute atomic E-state index is 0.112. The number of hydrogen-bond acceptors (Lipinski definition) is 3. The largest absolute Gasteiger partial charge is 0.395 e. The molecule has 106 valence electrons. The molecular weight excluding hydrogens is 240 g/mol. The van der Waals surface area contributed by atoms with Crippen molar-refractivity contribution in [1.29, 1.82) is 0 Å². The van der Waals surface area contributed by atoms with Crippen LogP contribution in [0.15, 0.2) is 0 Å². The fourth-order valence-electron chi connectivity index (χ4n) is 2.97. The molecule has 2 rings (SSSR count). The molecule has 1 unspecified atom stereocenters. The number of anilines is 1. The van der Waals surface area contributed by atoms with E-state index >= 15 is 0 Å². The summed E-state index contributed by atoms with van der Waals surface area (Å²) in [6.07, 6.45) is 6.30. The van der Waals surface area contributed by atoms with E-state index in [4.69, 9.17) is 5.73 Å². The number of aromatic nitrogens is 2. The number of nitrogens with two attached hydrogens (primary N) is 1. The van der Waals surface area contributed by atoms with Gasteiger partial charge in [0.25, 0.3) is 5.91 Å². The van der Waals surface area contributed by atoms with E-state index in [-0.39, 0.29) is 11.9 Å². The van der Waals surface area contributed by atoms with Gasteiger partial charge in [-0.3, -0.25) is 9.48 Å². The van der Waals surface area contributed by atoms with Crippen LogP contribution in [0.5, 0.6) is 0 Å². The van der Waals surface area contributed by atoms with Gasteiger partial charge >= 0.3 is 0 Å². The number of carbonyl (C=O) groups excluding carboxylic acids is 1. The van der Waals surface area contributed by atoms with Gasteiger partial charge in [-0.25, -0.2) is 0 Å². The average Bonchev–Trinajstić information content (AvgIpc) is 2.64. The number of nitrogen functional groups attached to an aromatic ring is 1. The molecule has 0 aromatic carbocycles. The molecule has 1 heterocycles. The Bertz CT molecular complexity index is 460. The van der Waals surface area contributed by atoms with Crippen LogP contribution in [0, 0.1) is 12.8 Å². The van der Waals surface area contributed by atoms with Crippen molar-refractivity contribution < 1.29 is 4.79 Å². The average molecular weight is 264 g/mol. The maximum absolute atomic E-state index is 12.3. The number of carbonyl (C=O) groups is 1. The van der Waals surface area contributed by atoms with Gasteiger partial charge in [0, 0.05) is 13.1 Å². The second-order valence-corrected chi connectivity index (χ2v) is 5.63. The lowest BCUT2D eigenvalue weighted by atomic mass is 9.84. The van der Waals surface area contributed by atoms with Crippen LogP contribution in [0.4, 0.5) is 5.69 Å². The first kappa shape index (κ1) is 13.9. The van der Waals surface area contributed by atoms with Crippen molar-refractivity contribution in [3.8, 4) is 0 Å². The molecule has 5 nitrogen and oxygen atoms in total. The molecule has 1 aromatic rings. The third-order valence-corrected chi connectivity index (χ3v) is 4.20. The van der Waals surface area contributed by atoms with Gasteiger partial charge in [0.2, 0.25) is 0 Å². The zero-order valence-corrected chi connectivity index (χ0v) is 12.1. The quantitative estimate of drug-likeness (QED) is 0.877. The predicted octanol–water partition coefficient (Wildman–Crippen LogP) is 2.01. The highest BCUT2D eigenvalue weighted by Crippen LogP contribution is 2.26. The van der Waals surface area contributed by atoms with E-state index in [1.54, 1.807) is 11.7 Å². The topological polar surface area (TPSA) is 72.9 Å². The van der Waals surface area contributed by atoms with Crippen LogP contribution in [-0.4, -0.2) is 21.7 Å². The van der Waals surface area contributed by atoms with Crippen molar-refractivity contribution in [2.24, 2.45) is 13.0 Å². The van der Waals surface area contributed by atoms with E-state index < -0.39 is 0 Å². The molecule has 0 spiro atoms. The summed E-state index contributed by atoms with van der Waals surface area (Å²) in [6, 6.07) is 0.197. The normalized spacial score (nSPS) is 18.3. The summed E-state index contributed by atoms with van der Waals surface area (Å²) in [5.41, 5.74) is 7.58. The van der Waals surface area contributed by atoms with E-state index in [9.17, 15) is 4.79 Å². The predicted molar refractivity (Wildman–Crippen MR) is 75.9 cm³/mol. The summed E-state index contributed by atoms with van der Waals surface area (Å²) in [4.78, 5) is 12.3. The van der Waals surface area contributed by atoms with E-state index in [2.05, 4.69) is 17.3 Å². The summed E-state index contributed by atoms with van der Waals surface area (Å²) in [7, 11) is 1.75. The van der Waals surface area contributed by atoms with Crippen LogP contribution in [0.25, 0.3) is 0 Å². The Morgan fingerprint density at radius 1 is 1.42 bits per heavy atom. The summed E-state index contributed by atoms with van der Waals surface area (Å²) in [5, 5.41) is 7.26. The van der Waals surface area contributed by atoms with Crippen molar-refractivity contribution in [2.45, 2.75) is 52.0 Å². The Morgan fingerprint density at radius 3 is 2.58 bits per heavy atom. The van der Waals surface area contributed by atoms with E-state index in [1.165, 1.54) is 32.1 Å². The summed E-state index contributed by atoms with van der Waals surface area (Å²) < 4.78 is 1.56. The van der Waals surface area contributed by atoms with Gasteiger partial charge in [-0.15, -0.1) is 0 Å². The Hall–Kier alpha value is -1.52. The minimum atomic E-state index is -0.112. The smallest absolute Gasteiger partial charge is 0.271 e. The fraction of sp³-hybridized carbons (Fsp3) is 0.714. The molecule has 0 saturated heterocycles. The first-order valence-corrected chi connectivity index (χ1v) is 7.10. The summed E-state index contributed by atoms with van der Waals surface area (Å²) in [6.45, 7) is 3.91. The number of amides is 1. The third-order valence-electron chi connectivity index (χ3n) is 4.20. The molecule has 1 fully saturated rings. The van der Waals surface area contributed by atoms with Crippen LogP contribution in [0.1, 0.15) is 55.2 Å². The second kappa shape index (κ2) is 5.63. The molecule has 5 heteroatoms. The fourth-order valence-corrected chi connectivity index (χ4v) is 2.97. The molecule has 0 radical (unpaired) electrons. The number of nitrogens with zero attached hydrogens (tertiary/aromatic N) is 2. The number of hydrogen-bond donors (Lipinski definition) is 2. The molecule has 1 aliphatic rings. The zero-order valence-electron chi connectivity index (χ0n) is 12.1. The van der Waals surface area contributed by atoms with Crippen LogP contribution < -0.4 is 11.1 Å². The van der Waals surface area contributed by atoms with Crippen LogP contribution >= 0.6 is 0 Å². The van der Waals surface area contributed by atoms with Crippen LogP contribution in [0.2, 0.25) is 0 Å². The number of rotatable bonds is 3. The number of aryl methyl sites for hydroxylation is 2. The van der Waals surface area contributed by atoms with Gasteiger partial charge in [-0.1, -0.05) is 19.3 Å². The van der Waals surface area contributed by atoms with Gasteiger partial charge in [0.1, 0.15) is 5.69 Å². The molecule has 1 aliphatic carbocycles. The van der Waals surface area contributed by atoms with Gasteiger partial charge in [0.15, 0.2) is 0 Å². The molecular formula is C14H24N4O. The SMILES string of the molecule is Cc1nn(C)c(C(=O)NC(C)C2CCCCC2)c1N. The van der Waals surface area contributed by atoms with Crippen molar-refractivity contribution in [3.63, 3.8) is 0 Å². The lowest BCUT2D eigenvalue weighted by Gasteiger charge is -2.28. The third kappa shape index (κ3) is 2.91. The van der Waals surface area contributed by atoms with Crippen molar-refractivity contribution in [2.75, 3.05) is 5.73 Å². The highest BCUT2D eigenvalue weighted by atomic mass is 16.2. The first-order valence-electron chi connectivity index (χ1n) is 7.10. The van der Waals surface area contributed by atoms with Crippen LogP contribution in [-0.2, 0) is 7.05 Å². The lowest BCUT2D eigenvalue weighted by molar-refractivity contribution is 0.0910. The zero-order chi connectivity index (χ0) is 14.0. The minimum Gasteiger partial charge on any atom is -0.395 e. The van der Waals surface area contributed by atoms with Gasteiger partial charge in [0.05, 0.1) is 11.4 Å². The molecule has 0 bridgehead atoms. The molecule has 1 amide bonds. The van der Waals surface area contributed by atoms with Gasteiger partial charge < -0.3 is 11.1 Å². The molecule has 1 aromatic heterocycles. The number of nitrogens with one attached hydrogen (secondary N) is 1. The van der Waals surface area contributed by atoms with Crippen LogP contribution in [0.3, 0.4) is 0 Å². The van der Waals surface area contributed by atoms with Crippen molar-refractivity contribution >= 4 is 11.6 Å². The molecule has 3 N–H and O–H groups in total. The van der Waals surface area contributed by atoms with Crippen molar-refractivity contribution in [3.05, 3.63) is 11.4 Å². The highest BCUT2D eigenvalue weighted by molar-refractivity contribution is 5.98.